The number of hydrogen-bond acceptors (Lipinski definition) is 6. The molecule has 0 radical (unpaired) electrons. The van der Waals surface area contributed by atoms with Gasteiger partial charge in [0.05, 0.1) is 18.2 Å². The van der Waals surface area contributed by atoms with Crippen LogP contribution in [0.15, 0.2) is 53.9 Å². The molecule has 0 aliphatic rings. The topological polar surface area (TPSA) is 87.9 Å². The Morgan fingerprint density at radius 3 is 2.50 bits per heavy atom. The van der Waals surface area contributed by atoms with Gasteiger partial charge in [0.2, 0.25) is 0 Å². The monoisotopic (exact) mass is 364 g/mol. The number of carbonyl (C=O) groups excluding carboxylic acids is 1. The highest BCUT2D eigenvalue weighted by molar-refractivity contribution is 7.03. The van der Waals surface area contributed by atoms with Crippen LogP contribution in [-0.2, 0) is 17.7 Å². The van der Waals surface area contributed by atoms with Crippen LogP contribution >= 0.6 is 11.5 Å². The molecular formula is C19H16N4O2S. The lowest BCUT2D eigenvalue weighted by Gasteiger charge is -2.08. The van der Waals surface area contributed by atoms with Gasteiger partial charge < -0.3 is 10.1 Å². The number of alkyl carbamates (subject to hydrolysis) is 1. The highest BCUT2D eigenvalue weighted by Crippen LogP contribution is 2.18. The number of benzene rings is 2. The zero-order valence-electron chi connectivity index (χ0n) is 13.9. The Hall–Kier alpha value is -3.24. The molecule has 0 unspecified atom stereocenters. The van der Waals surface area contributed by atoms with E-state index in [0.29, 0.717) is 18.5 Å². The third-order valence-corrected chi connectivity index (χ3v) is 4.26. The fourth-order valence-corrected chi connectivity index (χ4v) is 2.78. The van der Waals surface area contributed by atoms with E-state index in [0.717, 1.165) is 22.4 Å². The molecule has 130 valence electrons. The molecule has 6 nitrogen and oxygen atoms in total. The minimum atomic E-state index is -0.452. The van der Waals surface area contributed by atoms with E-state index in [9.17, 15) is 4.79 Å². The van der Waals surface area contributed by atoms with Gasteiger partial charge in [-0.3, -0.25) is 0 Å². The average molecular weight is 364 g/mol. The molecule has 0 saturated carbocycles. The predicted molar refractivity (Wildman–Crippen MR) is 98.4 cm³/mol. The van der Waals surface area contributed by atoms with E-state index in [2.05, 4.69) is 21.0 Å². The maximum atomic E-state index is 11.8. The fraction of sp³-hybridized carbons (Fsp3) is 0.158. The van der Waals surface area contributed by atoms with Crippen LogP contribution in [-0.4, -0.2) is 22.3 Å². The van der Waals surface area contributed by atoms with Crippen LogP contribution in [0.2, 0.25) is 0 Å². The fourth-order valence-electron chi connectivity index (χ4n) is 2.32. The molecule has 1 amide bonds. The Kier molecular flexibility index (Phi) is 5.91. The third kappa shape index (κ3) is 4.88. The molecule has 7 heteroatoms. The van der Waals surface area contributed by atoms with Crippen molar-refractivity contribution in [2.75, 3.05) is 6.61 Å². The summed E-state index contributed by atoms with van der Waals surface area (Å²) in [5.41, 5.74) is 4.44. The second-order valence-electron chi connectivity index (χ2n) is 5.54. The highest BCUT2D eigenvalue weighted by Gasteiger charge is 2.04. The first-order valence-electron chi connectivity index (χ1n) is 8.00. The minimum Gasteiger partial charge on any atom is -0.449 e. The SMILES string of the molecule is N#Cc1ccc(CCOC(=O)NCc2ccc(-c3csnn3)cc2)cc1. The minimum absolute atomic E-state index is 0.285. The molecule has 0 aliphatic carbocycles. The van der Waals surface area contributed by atoms with Gasteiger partial charge in [-0.2, -0.15) is 5.26 Å². The Morgan fingerprint density at radius 1 is 1.12 bits per heavy atom. The summed E-state index contributed by atoms with van der Waals surface area (Å²) in [4.78, 5) is 11.8. The largest absolute Gasteiger partial charge is 0.449 e. The lowest BCUT2D eigenvalue weighted by molar-refractivity contribution is 0.147. The number of hydrogen-bond donors (Lipinski definition) is 1. The van der Waals surface area contributed by atoms with Crippen molar-refractivity contribution in [1.82, 2.24) is 14.9 Å². The number of nitriles is 1. The Bertz CT molecular complexity index is 885. The van der Waals surface area contributed by atoms with Gasteiger partial charge in [0.25, 0.3) is 0 Å². The van der Waals surface area contributed by atoms with Crippen molar-refractivity contribution in [1.29, 1.82) is 5.26 Å². The predicted octanol–water partition coefficient (Wildman–Crippen LogP) is 3.55. The van der Waals surface area contributed by atoms with Crippen LogP contribution < -0.4 is 5.32 Å². The molecule has 0 fully saturated rings. The molecule has 1 heterocycles. The standard InChI is InChI=1S/C19H16N4O2S/c20-11-15-3-1-14(2-4-15)9-10-25-19(24)21-12-16-5-7-17(8-6-16)18-13-26-23-22-18/h1-8,13H,9-10,12H2,(H,21,24). The number of amides is 1. The maximum absolute atomic E-state index is 11.8. The molecule has 0 saturated heterocycles. The van der Waals surface area contributed by atoms with E-state index < -0.39 is 6.09 Å². The summed E-state index contributed by atoms with van der Waals surface area (Å²) < 4.78 is 9.02. The van der Waals surface area contributed by atoms with Crippen LogP contribution in [0.5, 0.6) is 0 Å². The van der Waals surface area contributed by atoms with Crippen molar-refractivity contribution >= 4 is 17.6 Å². The van der Waals surface area contributed by atoms with E-state index in [1.54, 1.807) is 12.1 Å². The normalized spacial score (nSPS) is 10.1. The zero-order valence-corrected chi connectivity index (χ0v) is 14.7. The summed E-state index contributed by atoms with van der Waals surface area (Å²) in [5.74, 6) is 0. The molecule has 1 aromatic heterocycles. The van der Waals surface area contributed by atoms with Gasteiger partial charge in [-0.1, -0.05) is 40.9 Å². The molecular weight excluding hydrogens is 348 g/mol. The second-order valence-corrected chi connectivity index (χ2v) is 6.15. The average Bonchev–Trinajstić information content (AvgIpc) is 3.22. The maximum Gasteiger partial charge on any atom is 0.407 e. The first-order chi connectivity index (χ1) is 12.7. The van der Waals surface area contributed by atoms with E-state index in [1.165, 1.54) is 11.5 Å². The molecule has 2 aromatic carbocycles. The molecule has 0 aliphatic heterocycles. The van der Waals surface area contributed by atoms with E-state index in [4.69, 9.17) is 10.00 Å². The molecule has 3 aromatic rings. The molecule has 0 bridgehead atoms. The summed E-state index contributed by atoms with van der Waals surface area (Å²) in [5, 5.41) is 17.4. The van der Waals surface area contributed by atoms with Crippen LogP contribution in [0, 0.1) is 11.3 Å². The number of aromatic nitrogens is 2. The first-order valence-corrected chi connectivity index (χ1v) is 8.84. The molecule has 1 N–H and O–H groups in total. The Labute approximate surface area is 155 Å². The Morgan fingerprint density at radius 2 is 1.85 bits per heavy atom. The number of ether oxygens (including phenoxy) is 1. The summed E-state index contributed by atoms with van der Waals surface area (Å²) in [6, 6.07) is 17.1. The lowest BCUT2D eigenvalue weighted by atomic mass is 10.1. The van der Waals surface area contributed by atoms with Crippen molar-refractivity contribution < 1.29 is 9.53 Å². The van der Waals surface area contributed by atoms with Crippen molar-refractivity contribution in [3.05, 3.63) is 70.6 Å². The number of nitrogens with zero attached hydrogens (tertiary/aromatic N) is 3. The number of rotatable bonds is 6. The molecule has 26 heavy (non-hydrogen) atoms. The quantitative estimate of drug-likeness (QED) is 0.723. The van der Waals surface area contributed by atoms with Crippen LogP contribution in [0.3, 0.4) is 0 Å². The third-order valence-electron chi connectivity index (χ3n) is 3.75. The summed E-state index contributed by atoms with van der Waals surface area (Å²) in [7, 11) is 0. The molecule has 0 atom stereocenters. The van der Waals surface area contributed by atoms with Crippen molar-refractivity contribution in [3.8, 4) is 17.3 Å². The van der Waals surface area contributed by atoms with Crippen molar-refractivity contribution in [2.24, 2.45) is 0 Å². The van der Waals surface area contributed by atoms with Gasteiger partial charge in [-0.15, -0.1) is 5.10 Å². The van der Waals surface area contributed by atoms with Gasteiger partial charge in [0, 0.05) is 23.9 Å². The first kappa shape index (κ1) is 17.6. The van der Waals surface area contributed by atoms with Crippen molar-refractivity contribution in [2.45, 2.75) is 13.0 Å². The molecule has 3 rings (SSSR count). The van der Waals surface area contributed by atoms with E-state index in [-0.39, 0.29) is 6.61 Å². The van der Waals surface area contributed by atoms with Crippen LogP contribution in [0.4, 0.5) is 4.79 Å². The smallest absolute Gasteiger partial charge is 0.407 e. The lowest BCUT2D eigenvalue weighted by Crippen LogP contribution is -2.24. The zero-order chi connectivity index (χ0) is 18.2. The van der Waals surface area contributed by atoms with Gasteiger partial charge in [-0.25, -0.2) is 4.79 Å². The highest BCUT2D eigenvalue weighted by atomic mass is 32.1. The van der Waals surface area contributed by atoms with Gasteiger partial charge in [0.15, 0.2) is 0 Å². The van der Waals surface area contributed by atoms with Crippen molar-refractivity contribution in [3.63, 3.8) is 0 Å². The number of nitrogens with one attached hydrogen (secondary N) is 1. The summed E-state index contributed by atoms with van der Waals surface area (Å²) in [6.07, 6.45) is 0.154. The van der Waals surface area contributed by atoms with E-state index >= 15 is 0 Å². The summed E-state index contributed by atoms with van der Waals surface area (Å²) >= 11 is 1.31. The van der Waals surface area contributed by atoms with Crippen LogP contribution in [0.25, 0.3) is 11.3 Å². The number of carbonyl (C=O) groups is 1. The molecule has 0 spiro atoms. The van der Waals surface area contributed by atoms with Gasteiger partial charge in [-0.05, 0) is 34.8 Å². The summed E-state index contributed by atoms with van der Waals surface area (Å²) in [6.45, 7) is 0.679. The van der Waals surface area contributed by atoms with Gasteiger partial charge >= 0.3 is 6.09 Å². The van der Waals surface area contributed by atoms with Gasteiger partial charge in [0.1, 0.15) is 5.69 Å². The second kappa shape index (κ2) is 8.74. The Balaban J connectivity index is 1.40. The van der Waals surface area contributed by atoms with Crippen LogP contribution in [0.1, 0.15) is 16.7 Å². The van der Waals surface area contributed by atoms with E-state index in [1.807, 2.05) is 41.8 Å².